The Bertz CT molecular complexity index is 1130. The van der Waals surface area contributed by atoms with Crippen molar-refractivity contribution in [1.82, 2.24) is 14.9 Å². The molecule has 0 unspecified atom stereocenters. The van der Waals surface area contributed by atoms with Gasteiger partial charge >= 0.3 is 0 Å². The van der Waals surface area contributed by atoms with E-state index in [4.69, 9.17) is 0 Å². The highest BCUT2D eigenvalue weighted by atomic mass is 32.2. The Kier molecular flexibility index (Phi) is 5.17. The lowest BCUT2D eigenvalue weighted by Gasteiger charge is -2.32. The standard InChI is InChI=1S/C22H25N3O3S/c1-15(2)29(27,28)18-7-5-17(6-8-18)22(26)25-12-9-16(10-13-25)20-14-24-21-19(20)4-3-11-23-21/h3-8,11,14-16H,9-10,12-13H2,1-2H3,(H,23,24). The number of rotatable bonds is 4. The highest BCUT2D eigenvalue weighted by molar-refractivity contribution is 7.92. The number of nitrogens with zero attached hydrogens (tertiary/aromatic N) is 2. The minimum atomic E-state index is -3.33. The Balaban J connectivity index is 1.44. The number of amides is 1. The predicted octanol–water partition coefficient (Wildman–Crippen LogP) is 3.76. The molecule has 1 aromatic carbocycles. The van der Waals surface area contributed by atoms with Crippen LogP contribution in [0.5, 0.6) is 0 Å². The van der Waals surface area contributed by atoms with Gasteiger partial charge in [0.15, 0.2) is 9.84 Å². The molecule has 2 aromatic heterocycles. The zero-order valence-corrected chi connectivity index (χ0v) is 17.4. The third-order valence-corrected chi connectivity index (χ3v) is 7.93. The summed E-state index contributed by atoms with van der Waals surface area (Å²) in [6.45, 7) is 4.68. The molecule has 6 nitrogen and oxygen atoms in total. The molecule has 0 atom stereocenters. The lowest BCUT2D eigenvalue weighted by molar-refractivity contribution is 0.0713. The monoisotopic (exact) mass is 411 g/mol. The number of H-pyrrole nitrogens is 1. The summed E-state index contributed by atoms with van der Waals surface area (Å²) in [5.41, 5.74) is 2.70. The average Bonchev–Trinajstić information content (AvgIpc) is 3.17. The van der Waals surface area contributed by atoms with Crippen molar-refractivity contribution in [3.63, 3.8) is 0 Å². The van der Waals surface area contributed by atoms with Crippen molar-refractivity contribution < 1.29 is 13.2 Å². The Morgan fingerprint density at radius 3 is 2.48 bits per heavy atom. The van der Waals surface area contributed by atoms with E-state index in [1.807, 2.05) is 17.2 Å². The van der Waals surface area contributed by atoms with E-state index >= 15 is 0 Å². The van der Waals surface area contributed by atoms with Gasteiger partial charge in [-0.25, -0.2) is 13.4 Å². The molecule has 3 heterocycles. The molecule has 0 aliphatic carbocycles. The zero-order chi connectivity index (χ0) is 20.6. The first-order valence-electron chi connectivity index (χ1n) is 9.93. The van der Waals surface area contributed by atoms with E-state index in [2.05, 4.69) is 16.0 Å². The van der Waals surface area contributed by atoms with E-state index in [1.165, 1.54) is 17.7 Å². The van der Waals surface area contributed by atoms with Crippen molar-refractivity contribution in [3.05, 3.63) is 59.9 Å². The number of nitrogens with one attached hydrogen (secondary N) is 1. The van der Waals surface area contributed by atoms with Gasteiger partial charge in [0.1, 0.15) is 5.65 Å². The summed E-state index contributed by atoms with van der Waals surface area (Å²) >= 11 is 0. The largest absolute Gasteiger partial charge is 0.346 e. The van der Waals surface area contributed by atoms with Crippen LogP contribution in [0, 0.1) is 0 Å². The minimum absolute atomic E-state index is 0.0439. The topological polar surface area (TPSA) is 83.1 Å². The molecule has 0 bridgehead atoms. The fourth-order valence-corrected chi connectivity index (χ4v) is 5.01. The zero-order valence-electron chi connectivity index (χ0n) is 16.6. The van der Waals surface area contributed by atoms with Gasteiger partial charge in [0, 0.05) is 36.4 Å². The van der Waals surface area contributed by atoms with Crippen LogP contribution in [0.25, 0.3) is 11.0 Å². The maximum atomic E-state index is 12.9. The van der Waals surface area contributed by atoms with Crippen molar-refractivity contribution in [2.75, 3.05) is 13.1 Å². The molecule has 1 amide bonds. The quantitative estimate of drug-likeness (QED) is 0.708. The molecule has 29 heavy (non-hydrogen) atoms. The van der Waals surface area contributed by atoms with Gasteiger partial charge in [-0.2, -0.15) is 0 Å². The molecule has 1 saturated heterocycles. The van der Waals surface area contributed by atoms with E-state index in [0.717, 1.165) is 23.9 Å². The lowest BCUT2D eigenvalue weighted by atomic mass is 9.89. The number of piperidine rings is 1. The molecular formula is C22H25N3O3S. The predicted molar refractivity (Wildman–Crippen MR) is 113 cm³/mol. The van der Waals surface area contributed by atoms with E-state index in [9.17, 15) is 13.2 Å². The van der Waals surface area contributed by atoms with Crippen LogP contribution in [0.3, 0.4) is 0 Å². The maximum absolute atomic E-state index is 12.9. The highest BCUT2D eigenvalue weighted by Crippen LogP contribution is 2.33. The summed E-state index contributed by atoms with van der Waals surface area (Å²) < 4.78 is 24.5. The first-order valence-corrected chi connectivity index (χ1v) is 11.5. The van der Waals surface area contributed by atoms with Crippen LogP contribution in [-0.4, -0.2) is 47.5 Å². The number of hydrogen-bond donors (Lipinski definition) is 1. The number of likely N-dealkylation sites (tertiary alicyclic amines) is 1. The van der Waals surface area contributed by atoms with Gasteiger partial charge in [-0.1, -0.05) is 0 Å². The van der Waals surface area contributed by atoms with Crippen LogP contribution in [0.2, 0.25) is 0 Å². The maximum Gasteiger partial charge on any atom is 0.253 e. The van der Waals surface area contributed by atoms with Gasteiger partial charge in [0.2, 0.25) is 0 Å². The Hall–Kier alpha value is -2.67. The SMILES string of the molecule is CC(C)S(=O)(=O)c1ccc(C(=O)N2CCC(c3c[nH]c4ncccc34)CC2)cc1. The van der Waals surface area contributed by atoms with E-state index in [0.29, 0.717) is 24.6 Å². The third kappa shape index (κ3) is 3.67. The number of aromatic amines is 1. The number of pyridine rings is 1. The Morgan fingerprint density at radius 2 is 1.83 bits per heavy atom. The van der Waals surface area contributed by atoms with Gasteiger partial charge in [0.05, 0.1) is 10.1 Å². The number of carbonyl (C=O) groups is 1. The summed E-state index contributed by atoms with van der Waals surface area (Å²) in [6, 6.07) is 10.3. The summed E-state index contributed by atoms with van der Waals surface area (Å²) in [5, 5.41) is 0.669. The molecule has 1 aliphatic rings. The molecule has 3 aromatic rings. The van der Waals surface area contributed by atoms with Crippen molar-refractivity contribution in [2.45, 2.75) is 42.8 Å². The fraction of sp³-hybridized carbons (Fsp3) is 0.364. The van der Waals surface area contributed by atoms with Gasteiger partial charge in [-0.15, -0.1) is 0 Å². The van der Waals surface area contributed by atoms with E-state index in [1.54, 1.807) is 32.2 Å². The van der Waals surface area contributed by atoms with Gasteiger partial charge < -0.3 is 9.88 Å². The third-order valence-electron chi connectivity index (χ3n) is 5.76. The smallest absolute Gasteiger partial charge is 0.253 e. The summed E-state index contributed by atoms with van der Waals surface area (Å²) in [4.78, 5) is 22.6. The van der Waals surface area contributed by atoms with Crippen molar-refractivity contribution in [2.24, 2.45) is 0 Å². The second-order valence-electron chi connectivity index (χ2n) is 7.83. The van der Waals surface area contributed by atoms with Crippen LogP contribution in [0.4, 0.5) is 0 Å². The molecule has 0 saturated carbocycles. The second kappa shape index (κ2) is 7.63. The molecule has 7 heteroatoms. The van der Waals surface area contributed by atoms with Crippen LogP contribution in [0.1, 0.15) is 48.5 Å². The van der Waals surface area contributed by atoms with E-state index in [-0.39, 0.29) is 10.8 Å². The van der Waals surface area contributed by atoms with E-state index < -0.39 is 15.1 Å². The molecule has 4 rings (SSSR count). The molecule has 1 N–H and O–H groups in total. The fourth-order valence-electron chi connectivity index (χ4n) is 3.95. The number of aromatic nitrogens is 2. The van der Waals surface area contributed by atoms with Gasteiger partial charge in [-0.05, 0) is 74.6 Å². The number of hydrogen-bond acceptors (Lipinski definition) is 4. The number of fused-ring (bicyclic) bond motifs is 1. The molecule has 1 fully saturated rings. The number of sulfone groups is 1. The summed E-state index contributed by atoms with van der Waals surface area (Å²) in [5.74, 6) is 0.355. The molecule has 0 radical (unpaired) electrons. The van der Waals surface area contributed by atoms with Crippen LogP contribution < -0.4 is 0 Å². The number of benzene rings is 1. The van der Waals surface area contributed by atoms with Crippen molar-refractivity contribution in [1.29, 1.82) is 0 Å². The van der Waals surface area contributed by atoms with Crippen molar-refractivity contribution in [3.8, 4) is 0 Å². The first kappa shape index (κ1) is 19.6. The summed E-state index contributed by atoms with van der Waals surface area (Å²) in [7, 11) is -3.33. The molecule has 0 spiro atoms. The highest BCUT2D eigenvalue weighted by Gasteiger charge is 2.27. The number of carbonyl (C=O) groups excluding carboxylic acids is 1. The molecular weight excluding hydrogens is 386 g/mol. The Labute approximate surface area is 170 Å². The average molecular weight is 412 g/mol. The Morgan fingerprint density at radius 1 is 1.14 bits per heavy atom. The van der Waals surface area contributed by atoms with Crippen molar-refractivity contribution >= 4 is 26.8 Å². The van der Waals surface area contributed by atoms with Gasteiger partial charge in [0.25, 0.3) is 5.91 Å². The lowest BCUT2D eigenvalue weighted by Crippen LogP contribution is -2.37. The molecule has 1 aliphatic heterocycles. The van der Waals surface area contributed by atoms with Crippen LogP contribution in [-0.2, 0) is 9.84 Å². The first-order chi connectivity index (χ1) is 13.9. The van der Waals surface area contributed by atoms with Crippen LogP contribution in [0.15, 0.2) is 53.7 Å². The minimum Gasteiger partial charge on any atom is -0.346 e. The normalized spacial score (nSPS) is 15.9. The second-order valence-corrected chi connectivity index (χ2v) is 10.3. The molecule has 152 valence electrons. The summed E-state index contributed by atoms with van der Waals surface area (Å²) in [6.07, 6.45) is 5.61. The van der Waals surface area contributed by atoms with Crippen LogP contribution >= 0.6 is 0 Å². The van der Waals surface area contributed by atoms with Gasteiger partial charge in [-0.3, -0.25) is 4.79 Å².